The van der Waals surface area contributed by atoms with Crippen LogP contribution in [-0.4, -0.2) is 82.9 Å². The lowest BCUT2D eigenvalue weighted by Crippen LogP contribution is -2.33. The lowest BCUT2D eigenvalue weighted by atomic mass is 10.1. The molecule has 0 unspecified atom stereocenters. The minimum Gasteiger partial charge on any atom is -0.391 e. The number of H-pyrrole nitrogens is 1. The van der Waals surface area contributed by atoms with Crippen molar-refractivity contribution in [1.29, 1.82) is 0 Å². The van der Waals surface area contributed by atoms with Crippen LogP contribution in [0.3, 0.4) is 0 Å². The van der Waals surface area contributed by atoms with Gasteiger partial charge >= 0.3 is 0 Å². The molecular formula is C16H21N5O4S. The van der Waals surface area contributed by atoms with Crippen molar-refractivity contribution in [3.05, 3.63) is 36.2 Å². The van der Waals surface area contributed by atoms with Gasteiger partial charge in [-0.05, 0) is 18.2 Å². The van der Waals surface area contributed by atoms with Crippen LogP contribution in [0.5, 0.6) is 0 Å². The maximum absolute atomic E-state index is 12.6. The normalized spacial score (nSPS) is 20.7. The summed E-state index contributed by atoms with van der Waals surface area (Å²) in [6.45, 7) is 0.259. The Kier molecular flexibility index (Phi) is 5.08. The number of amides is 1. The van der Waals surface area contributed by atoms with Crippen molar-refractivity contribution in [1.82, 2.24) is 24.4 Å². The third-order valence-electron chi connectivity index (χ3n) is 4.41. The number of rotatable bonds is 5. The van der Waals surface area contributed by atoms with Crippen LogP contribution < -0.4 is 0 Å². The van der Waals surface area contributed by atoms with E-state index in [1.165, 1.54) is 19.0 Å². The topological polar surface area (TPSA) is 119 Å². The number of pyridine rings is 1. The predicted octanol–water partition coefficient (Wildman–Crippen LogP) is -0.204. The summed E-state index contributed by atoms with van der Waals surface area (Å²) in [4.78, 5) is 18.3. The van der Waals surface area contributed by atoms with Crippen molar-refractivity contribution in [3.8, 4) is 11.4 Å². The van der Waals surface area contributed by atoms with E-state index in [0.717, 1.165) is 4.31 Å². The van der Waals surface area contributed by atoms with Gasteiger partial charge in [-0.25, -0.2) is 12.7 Å². The smallest absolute Gasteiger partial charge is 0.271 e. The summed E-state index contributed by atoms with van der Waals surface area (Å²) in [5.41, 5.74) is 1.45. The van der Waals surface area contributed by atoms with E-state index in [-0.39, 0.29) is 30.4 Å². The summed E-state index contributed by atoms with van der Waals surface area (Å²) in [5.74, 6) is -1.05. The molecule has 140 valence electrons. The lowest BCUT2D eigenvalue weighted by molar-refractivity contribution is 0.0759. The zero-order valence-corrected chi connectivity index (χ0v) is 15.3. The van der Waals surface area contributed by atoms with Gasteiger partial charge in [0.25, 0.3) is 5.91 Å². The molecule has 0 bridgehead atoms. The molecule has 1 aliphatic heterocycles. The van der Waals surface area contributed by atoms with Gasteiger partial charge in [-0.2, -0.15) is 5.10 Å². The van der Waals surface area contributed by atoms with Crippen molar-refractivity contribution in [3.63, 3.8) is 0 Å². The number of likely N-dealkylation sites (tertiary alicyclic amines) is 1. The number of β-amino-alcohol motifs (C(OH)–C–C–N with tert-alkyl or cyclic N) is 1. The molecule has 2 N–H and O–H groups in total. The van der Waals surface area contributed by atoms with E-state index in [4.69, 9.17) is 0 Å². The first-order valence-electron chi connectivity index (χ1n) is 8.12. The van der Waals surface area contributed by atoms with Gasteiger partial charge in [0.1, 0.15) is 11.4 Å². The average molecular weight is 379 g/mol. The first kappa shape index (κ1) is 18.5. The summed E-state index contributed by atoms with van der Waals surface area (Å²) < 4.78 is 25.2. The minimum absolute atomic E-state index is 0.0877. The molecule has 0 aromatic carbocycles. The lowest BCUT2D eigenvalue weighted by Gasteiger charge is -2.17. The third kappa shape index (κ3) is 3.76. The number of aliphatic hydroxyl groups is 1. The molecule has 26 heavy (non-hydrogen) atoms. The highest BCUT2D eigenvalue weighted by Gasteiger charge is 2.38. The quantitative estimate of drug-likeness (QED) is 0.742. The van der Waals surface area contributed by atoms with Gasteiger partial charge in [0.15, 0.2) is 0 Å². The molecule has 1 saturated heterocycles. The summed E-state index contributed by atoms with van der Waals surface area (Å²) in [5, 5.41) is 17.0. The largest absolute Gasteiger partial charge is 0.391 e. The number of carbonyl (C=O) groups is 1. The van der Waals surface area contributed by atoms with Crippen LogP contribution in [0.25, 0.3) is 11.4 Å². The highest BCUT2D eigenvalue weighted by Crippen LogP contribution is 2.22. The SMILES string of the molecule is CN(C)S(=O)(=O)C[C@@H]1CN(C(=O)c2cc(-c3ccccn3)n[nH]2)C[C@H]1O. The fraction of sp³-hybridized carbons (Fsp3) is 0.438. The zero-order valence-electron chi connectivity index (χ0n) is 14.5. The second kappa shape index (κ2) is 7.14. The monoisotopic (exact) mass is 379 g/mol. The maximum atomic E-state index is 12.6. The summed E-state index contributed by atoms with van der Waals surface area (Å²) in [7, 11) is -0.558. The molecular weight excluding hydrogens is 358 g/mol. The molecule has 9 nitrogen and oxygen atoms in total. The van der Waals surface area contributed by atoms with Crippen molar-refractivity contribution in [2.45, 2.75) is 6.10 Å². The van der Waals surface area contributed by atoms with Gasteiger partial charge in [0.2, 0.25) is 10.0 Å². The summed E-state index contributed by atoms with van der Waals surface area (Å²) in [6, 6.07) is 6.99. The van der Waals surface area contributed by atoms with E-state index in [0.29, 0.717) is 11.4 Å². The number of nitrogens with one attached hydrogen (secondary N) is 1. The molecule has 2 aromatic heterocycles. The highest BCUT2D eigenvalue weighted by atomic mass is 32.2. The van der Waals surface area contributed by atoms with E-state index in [1.54, 1.807) is 24.4 Å². The van der Waals surface area contributed by atoms with Crippen LogP contribution in [0.15, 0.2) is 30.5 Å². The number of carbonyl (C=O) groups excluding carboxylic acids is 1. The van der Waals surface area contributed by atoms with Crippen LogP contribution in [0.2, 0.25) is 0 Å². The van der Waals surface area contributed by atoms with Crippen molar-refractivity contribution < 1.29 is 18.3 Å². The maximum Gasteiger partial charge on any atom is 0.271 e. The highest BCUT2D eigenvalue weighted by molar-refractivity contribution is 7.89. The molecule has 3 heterocycles. The molecule has 0 aliphatic carbocycles. The molecule has 0 saturated carbocycles. The number of aromatic nitrogens is 3. The Morgan fingerprint density at radius 1 is 1.35 bits per heavy atom. The summed E-state index contributed by atoms with van der Waals surface area (Å²) in [6.07, 6.45) is 0.754. The van der Waals surface area contributed by atoms with E-state index in [1.807, 2.05) is 6.07 Å². The number of hydrogen-bond donors (Lipinski definition) is 2. The number of aromatic amines is 1. The number of aliphatic hydroxyl groups excluding tert-OH is 1. The van der Waals surface area contributed by atoms with Crippen molar-refractivity contribution in [2.24, 2.45) is 5.92 Å². The standard InChI is InChI=1S/C16H21N5O4S/c1-20(2)26(24,25)10-11-8-21(9-15(11)22)16(23)14-7-13(18-19-14)12-5-3-4-6-17-12/h3-7,11,15,22H,8-10H2,1-2H3,(H,18,19)/t11-,15+/m0/s1. The number of sulfonamides is 1. The van der Waals surface area contributed by atoms with Gasteiger partial charge in [0.05, 0.1) is 17.6 Å². The van der Waals surface area contributed by atoms with Crippen LogP contribution in [-0.2, 0) is 10.0 Å². The molecule has 1 amide bonds. The second-order valence-corrected chi connectivity index (χ2v) is 8.71. The minimum atomic E-state index is -3.45. The Morgan fingerprint density at radius 3 is 2.77 bits per heavy atom. The third-order valence-corrected chi connectivity index (χ3v) is 6.37. The Balaban J connectivity index is 1.71. The van der Waals surface area contributed by atoms with E-state index >= 15 is 0 Å². The zero-order chi connectivity index (χ0) is 18.9. The van der Waals surface area contributed by atoms with Gasteiger partial charge in [0, 0.05) is 39.3 Å². The van der Waals surface area contributed by atoms with E-state index in [9.17, 15) is 18.3 Å². The molecule has 1 fully saturated rings. The summed E-state index contributed by atoms with van der Waals surface area (Å²) >= 11 is 0. The van der Waals surface area contributed by atoms with Crippen molar-refractivity contribution >= 4 is 15.9 Å². The Labute approximate surface area is 151 Å². The fourth-order valence-corrected chi connectivity index (χ4v) is 4.02. The average Bonchev–Trinajstić information content (AvgIpc) is 3.22. The molecule has 2 aromatic rings. The number of nitrogens with zero attached hydrogens (tertiary/aromatic N) is 4. The van der Waals surface area contributed by atoms with Gasteiger partial charge in [-0.3, -0.25) is 14.9 Å². The van der Waals surface area contributed by atoms with Crippen LogP contribution in [0, 0.1) is 5.92 Å². The van der Waals surface area contributed by atoms with Crippen LogP contribution in [0.1, 0.15) is 10.5 Å². The van der Waals surface area contributed by atoms with Crippen LogP contribution in [0.4, 0.5) is 0 Å². The molecule has 0 spiro atoms. The second-order valence-electron chi connectivity index (χ2n) is 6.48. The van der Waals surface area contributed by atoms with Crippen LogP contribution >= 0.6 is 0 Å². The van der Waals surface area contributed by atoms with E-state index < -0.39 is 22.0 Å². The molecule has 3 rings (SSSR count). The molecule has 2 atom stereocenters. The Morgan fingerprint density at radius 2 is 2.12 bits per heavy atom. The Bertz CT molecular complexity index is 881. The number of hydrogen-bond acceptors (Lipinski definition) is 6. The Hall–Kier alpha value is -2.30. The van der Waals surface area contributed by atoms with Gasteiger partial charge < -0.3 is 10.0 Å². The first-order chi connectivity index (χ1) is 12.3. The van der Waals surface area contributed by atoms with Gasteiger partial charge in [-0.15, -0.1) is 0 Å². The molecule has 0 radical (unpaired) electrons. The van der Waals surface area contributed by atoms with Gasteiger partial charge in [-0.1, -0.05) is 6.07 Å². The first-order valence-corrected chi connectivity index (χ1v) is 9.73. The fourth-order valence-electron chi connectivity index (χ4n) is 2.85. The molecule has 10 heteroatoms. The van der Waals surface area contributed by atoms with E-state index in [2.05, 4.69) is 15.2 Å². The predicted molar refractivity (Wildman–Crippen MR) is 94.7 cm³/mol. The molecule has 1 aliphatic rings. The van der Waals surface area contributed by atoms with Crippen molar-refractivity contribution in [2.75, 3.05) is 32.9 Å².